The maximum Gasteiger partial charge on any atom is 0.309 e. The predicted molar refractivity (Wildman–Crippen MR) is 69.0 cm³/mol. The van der Waals surface area contributed by atoms with Crippen molar-refractivity contribution < 1.29 is 18.3 Å². The van der Waals surface area contributed by atoms with Gasteiger partial charge in [-0.25, -0.2) is 8.78 Å². The first-order valence-electron chi connectivity index (χ1n) is 7.47. The Morgan fingerprint density at radius 3 is 2.53 bits per heavy atom. The third-order valence-electron chi connectivity index (χ3n) is 4.83. The molecule has 0 aromatic carbocycles. The van der Waals surface area contributed by atoms with E-state index >= 15 is 0 Å². The summed E-state index contributed by atoms with van der Waals surface area (Å²) in [6.07, 6.45) is 7.17. The second kappa shape index (κ2) is 6.19. The summed E-state index contributed by atoms with van der Waals surface area (Å²) in [6.45, 7) is 0. The lowest BCUT2D eigenvalue weighted by Gasteiger charge is -2.36. The standard InChI is InChI=1S/C15H24F2O2/c1-19-14(18)13-10-15(16,17)8-7-12(13)9-11-5-3-2-4-6-11/h11-13H,2-10H2,1H3. The molecular formula is C15H24F2O2. The van der Waals surface area contributed by atoms with Gasteiger partial charge in [0.1, 0.15) is 0 Å². The molecule has 0 saturated heterocycles. The number of hydrogen-bond acceptors (Lipinski definition) is 2. The minimum absolute atomic E-state index is 0.0715. The van der Waals surface area contributed by atoms with Gasteiger partial charge in [0, 0.05) is 12.8 Å². The molecule has 0 heterocycles. The molecule has 0 aromatic heterocycles. The second-order valence-electron chi connectivity index (χ2n) is 6.23. The Balaban J connectivity index is 1.98. The van der Waals surface area contributed by atoms with E-state index in [-0.39, 0.29) is 18.8 Å². The lowest BCUT2D eigenvalue weighted by Crippen LogP contribution is -2.38. The van der Waals surface area contributed by atoms with E-state index in [1.165, 1.54) is 39.2 Å². The van der Waals surface area contributed by atoms with E-state index in [1.807, 2.05) is 0 Å². The van der Waals surface area contributed by atoms with Crippen LogP contribution in [-0.4, -0.2) is 19.0 Å². The number of alkyl halides is 2. The number of methoxy groups -OCH3 is 1. The van der Waals surface area contributed by atoms with Gasteiger partial charge in [0.05, 0.1) is 13.0 Å². The van der Waals surface area contributed by atoms with Gasteiger partial charge in [-0.3, -0.25) is 4.79 Å². The summed E-state index contributed by atoms with van der Waals surface area (Å²) in [7, 11) is 1.30. The molecule has 0 aromatic rings. The largest absolute Gasteiger partial charge is 0.469 e. The topological polar surface area (TPSA) is 26.3 Å². The van der Waals surface area contributed by atoms with Crippen LogP contribution in [0.3, 0.4) is 0 Å². The van der Waals surface area contributed by atoms with E-state index in [0.717, 1.165) is 6.42 Å². The van der Waals surface area contributed by atoms with Gasteiger partial charge < -0.3 is 4.74 Å². The first-order valence-corrected chi connectivity index (χ1v) is 7.47. The van der Waals surface area contributed by atoms with E-state index in [2.05, 4.69) is 0 Å². The predicted octanol–water partition coefficient (Wildman–Crippen LogP) is 4.18. The monoisotopic (exact) mass is 274 g/mol. The zero-order valence-corrected chi connectivity index (χ0v) is 11.7. The Bertz CT molecular complexity index is 311. The molecule has 0 spiro atoms. The van der Waals surface area contributed by atoms with E-state index in [1.54, 1.807) is 0 Å². The molecule has 0 bridgehead atoms. The minimum Gasteiger partial charge on any atom is -0.469 e. The van der Waals surface area contributed by atoms with Crippen LogP contribution in [0.25, 0.3) is 0 Å². The number of esters is 1. The Labute approximate surface area is 113 Å². The van der Waals surface area contributed by atoms with Crippen molar-refractivity contribution in [3.63, 3.8) is 0 Å². The summed E-state index contributed by atoms with van der Waals surface area (Å²) < 4.78 is 31.7. The van der Waals surface area contributed by atoms with Gasteiger partial charge in [0.15, 0.2) is 0 Å². The van der Waals surface area contributed by atoms with Crippen molar-refractivity contribution in [3.8, 4) is 0 Å². The Morgan fingerprint density at radius 1 is 1.21 bits per heavy atom. The average molecular weight is 274 g/mol. The quantitative estimate of drug-likeness (QED) is 0.722. The third-order valence-corrected chi connectivity index (χ3v) is 4.83. The molecule has 2 fully saturated rings. The van der Waals surface area contributed by atoms with Gasteiger partial charge in [0.2, 0.25) is 5.92 Å². The summed E-state index contributed by atoms with van der Waals surface area (Å²) in [5, 5.41) is 0. The molecule has 110 valence electrons. The zero-order valence-electron chi connectivity index (χ0n) is 11.7. The highest BCUT2D eigenvalue weighted by Gasteiger charge is 2.45. The van der Waals surface area contributed by atoms with Crippen LogP contribution in [0, 0.1) is 17.8 Å². The van der Waals surface area contributed by atoms with E-state index in [4.69, 9.17) is 4.74 Å². The number of carbonyl (C=O) groups is 1. The van der Waals surface area contributed by atoms with Crippen molar-refractivity contribution in [2.24, 2.45) is 17.8 Å². The number of halogens is 2. The summed E-state index contributed by atoms with van der Waals surface area (Å²) in [4.78, 5) is 11.8. The highest BCUT2D eigenvalue weighted by Crippen LogP contribution is 2.44. The van der Waals surface area contributed by atoms with Gasteiger partial charge in [0.25, 0.3) is 0 Å². The highest BCUT2D eigenvalue weighted by atomic mass is 19.3. The SMILES string of the molecule is COC(=O)C1CC(F)(F)CCC1CC1CCCCC1. The maximum atomic E-state index is 13.5. The molecule has 0 radical (unpaired) electrons. The summed E-state index contributed by atoms with van der Waals surface area (Å²) >= 11 is 0. The molecule has 2 rings (SSSR count). The fourth-order valence-electron chi connectivity index (χ4n) is 3.75. The zero-order chi connectivity index (χ0) is 13.9. The van der Waals surface area contributed by atoms with Gasteiger partial charge in [-0.05, 0) is 24.7 Å². The van der Waals surface area contributed by atoms with Gasteiger partial charge in [-0.1, -0.05) is 32.1 Å². The molecule has 19 heavy (non-hydrogen) atoms. The van der Waals surface area contributed by atoms with Crippen molar-refractivity contribution in [1.29, 1.82) is 0 Å². The Hall–Kier alpha value is -0.670. The van der Waals surface area contributed by atoms with E-state index in [9.17, 15) is 13.6 Å². The molecule has 2 saturated carbocycles. The Morgan fingerprint density at radius 2 is 1.89 bits per heavy atom. The summed E-state index contributed by atoms with van der Waals surface area (Å²) in [5.74, 6) is -3.02. The van der Waals surface area contributed by atoms with Crippen molar-refractivity contribution in [2.75, 3.05) is 7.11 Å². The molecule has 0 N–H and O–H groups in total. The number of carbonyl (C=O) groups excluding carboxylic acids is 1. The highest BCUT2D eigenvalue weighted by molar-refractivity contribution is 5.72. The molecule has 0 amide bonds. The molecule has 0 aliphatic heterocycles. The molecule has 2 atom stereocenters. The smallest absolute Gasteiger partial charge is 0.309 e. The van der Waals surface area contributed by atoms with Crippen molar-refractivity contribution in [3.05, 3.63) is 0 Å². The summed E-state index contributed by atoms with van der Waals surface area (Å²) in [6, 6.07) is 0. The Kier molecular flexibility index (Phi) is 4.80. The van der Waals surface area contributed by atoms with Crippen LogP contribution in [0.15, 0.2) is 0 Å². The lowest BCUT2D eigenvalue weighted by atomic mass is 9.71. The molecule has 2 aliphatic rings. The first-order chi connectivity index (χ1) is 9.02. The van der Waals surface area contributed by atoms with Gasteiger partial charge >= 0.3 is 5.97 Å². The number of ether oxygens (including phenoxy) is 1. The molecule has 4 heteroatoms. The number of rotatable bonds is 3. The van der Waals surface area contributed by atoms with Crippen LogP contribution in [0.2, 0.25) is 0 Å². The van der Waals surface area contributed by atoms with Crippen molar-refractivity contribution >= 4 is 5.97 Å². The molecule has 2 unspecified atom stereocenters. The van der Waals surface area contributed by atoms with Crippen LogP contribution in [0.4, 0.5) is 8.78 Å². The van der Waals surface area contributed by atoms with Gasteiger partial charge in [-0.15, -0.1) is 0 Å². The van der Waals surface area contributed by atoms with Crippen LogP contribution in [0.5, 0.6) is 0 Å². The second-order valence-corrected chi connectivity index (χ2v) is 6.23. The molecular weight excluding hydrogens is 250 g/mol. The fourth-order valence-corrected chi connectivity index (χ4v) is 3.75. The molecule has 2 aliphatic carbocycles. The van der Waals surface area contributed by atoms with Crippen LogP contribution in [0.1, 0.15) is 57.8 Å². The fraction of sp³-hybridized carbons (Fsp3) is 0.933. The average Bonchev–Trinajstić information content (AvgIpc) is 2.41. The first kappa shape index (κ1) is 14.7. The minimum atomic E-state index is -2.69. The van der Waals surface area contributed by atoms with Crippen LogP contribution >= 0.6 is 0 Å². The van der Waals surface area contributed by atoms with Crippen LogP contribution < -0.4 is 0 Å². The van der Waals surface area contributed by atoms with Crippen molar-refractivity contribution in [1.82, 2.24) is 0 Å². The summed E-state index contributed by atoms with van der Waals surface area (Å²) in [5.41, 5.74) is 0. The van der Waals surface area contributed by atoms with Crippen molar-refractivity contribution in [2.45, 2.75) is 63.7 Å². The number of hydrogen-bond donors (Lipinski definition) is 0. The molecule has 2 nitrogen and oxygen atoms in total. The van der Waals surface area contributed by atoms with Crippen LogP contribution in [-0.2, 0) is 9.53 Å². The third kappa shape index (κ3) is 3.90. The van der Waals surface area contributed by atoms with E-state index < -0.39 is 17.8 Å². The van der Waals surface area contributed by atoms with E-state index in [0.29, 0.717) is 12.3 Å². The maximum absolute atomic E-state index is 13.5. The van der Waals surface area contributed by atoms with Gasteiger partial charge in [-0.2, -0.15) is 0 Å². The normalized spacial score (nSPS) is 31.9. The lowest BCUT2D eigenvalue weighted by molar-refractivity contribution is -0.157.